The maximum atomic E-state index is 14.0. The lowest BCUT2D eigenvalue weighted by atomic mass is 9.99. The Morgan fingerprint density at radius 2 is 1.56 bits per heavy atom. The molecule has 2 aromatic rings. The predicted molar refractivity (Wildman–Crippen MR) is 89.8 cm³/mol. The number of sulfone groups is 1. The average molecular weight is 403 g/mol. The number of nitrogens with zero attached hydrogens (tertiary/aromatic N) is 1. The summed E-state index contributed by atoms with van der Waals surface area (Å²) in [5.74, 6) is -3.05. The second kappa shape index (κ2) is 6.40. The van der Waals surface area contributed by atoms with Crippen LogP contribution < -0.4 is 0 Å². The molecule has 0 atom stereocenters. The van der Waals surface area contributed by atoms with Crippen molar-refractivity contribution in [2.45, 2.75) is 29.8 Å². The Balaban J connectivity index is 2.04. The van der Waals surface area contributed by atoms with Crippen molar-refractivity contribution in [3.63, 3.8) is 0 Å². The second-order valence-corrected chi connectivity index (χ2v) is 8.41. The van der Waals surface area contributed by atoms with Gasteiger partial charge in [-0.1, -0.05) is 12.1 Å². The van der Waals surface area contributed by atoms with E-state index in [0.29, 0.717) is 0 Å². The van der Waals surface area contributed by atoms with Crippen molar-refractivity contribution in [1.82, 2.24) is 4.98 Å². The van der Waals surface area contributed by atoms with Gasteiger partial charge >= 0.3 is 6.18 Å². The van der Waals surface area contributed by atoms with E-state index in [2.05, 4.69) is 4.98 Å². The van der Waals surface area contributed by atoms with Crippen LogP contribution in [0.5, 0.6) is 0 Å². The molecular weight excluding hydrogens is 389 g/mol. The Kier molecular flexibility index (Phi) is 4.62. The zero-order valence-corrected chi connectivity index (χ0v) is 14.8. The van der Waals surface area contributed by atoms with Crippen molar-refractivity contribution < 1.29 is 30.4 Å². The van der Waals surface area contributed by atoms with Crippen LogP contribution in [0.2, 0.25) is 0 Å². The zero-order chi connectivity index (χ0) is 20.0. The van der Waals surface area contributed by atoms with E-state index in [1.165, 1.54) is 12.1 Å². The summed E-state index contributed by atoms with van der Waals surface area (Å²) in [6, 6.07) is 6.60. The number of alkyl halides is 5. The minimum absolute atomic E-state index is 0.0484. The lowest BCUT2D eigenvalue weighted by molar-refractivity contribution is -0.137. The molecule has 0 saturated carbocycles. The monoisotopic (exact) mass is 403 g/mol. The average Bonchev–Trinajstić information content (AvgIpc) is 2.89. The third-order valence-electron chi connectivity index (χ3n) is 4.27. The van der Waals surface area contributed by atoms with Crippen LogP contribution >= 0.6 is 0 Å². The molecule has 0 amide bonds. The molecule has 0 unspecified atom stereocenters. The van der Waals surface area contributed by atoms with Crippen molar-refractivity contribution in [3.05, 3.63) is 59.4 Å². The van der Waals surface area contributed by atoms with Crippen LogP contribution in [0.1, 0.15) is 29.7 Å². The molecule has 3 nitrogen and oxygen atoms in total. The van der Waals surface area contributed by atoms with Gasteiger partial charge in [-0.2, -0.15) is 13.2 Å². The fraction of sp³-hybridized carbons (Fsp3) is 0.278. The molecule has 0 fully saturated rings. The van der Waals surface area contributed by atoms with Crippen molar-refractivity contribution in [1.29, 1.82) is 0 Å². The van der Waals surface area contributed by atoms with Crippen molar-refractivity contribution in [2.24, 2.45) is 0 Å². The number of benzene rings is 1. The van der Waals surface area contributed by atoms with Gasteiger partial charge in [0.05, 0.1) is 16.2 Å². The minimum atomic E-state index is -4.52. The fourth-order valence-electron chi connectivity index (χ4n) is 2.95. The van der Waals surface area contributed by atoms with E-state index in [9.17, 15) is 30.4 Å². The van der Waals surface area contributed by atoms with Crippen LogP contribution in [-0.2, 0) is 16.0 Å². The van der Waals surface area contributed by atoms with Crippen LogP contribution in [0.15, 0.2) is 47.5 Å². The van der Waals surface area contributed by atoms with E-state index in [1.807, 2.05) is 0 Å². The largest absolute Gasteiger partial charge is 0.416 e. The van der Waals surface area contributed by atoms with Crippen LogP contribution in [0.4, 0.5) is 22.0 Å². The summed E-state index contributed by atoms with van der Waals surface area (Å²) in [6.07, 6.45) is -3.67. The molecule has 0 saturated heterocycles. The minimum Gasteiger partial charge on any atom is -0.255 e. The Morgan fingerprint density at radius 1 is 0.963 bits per heavy atom. The quantitative estimate of drug-likeness (QED) is 0.689. The highest BCUT2D eigenvalue weighted by Gasteiger charge is 2.40. The number of allylic oxidation sites excluding steroid dienone is 2. The highest BCUT2D eigenvalue weighted by Crippen LogP contribution is 2.47. The van der Waals surface area contributed by atoms with Crippen molar-refractivity contribution >= 4 is 21.0 Å². The van der Waals surface area contributed by atoms with Gasteiger partial charge in [0, 0.05) is 25.3 Å². The van der Waals surface area contributed by atoms with Crippen LogP contribution in [0.3, 0.4) is 0 Å². The Bertz CT molecular complexity index is 992. The molecule has 0 N–H and O–H groups in total. The molecule has 3 rings (SSSR count). The maximum absolute atomic E-state index is 14.0. The molecule has 1 aliphatic carbocycles. The maximum Gasteiger partial charge on any atom is 0.416 e. The first-order valence-corrected chi connectivity index (χ1v) is 9.70. The standard InChI is InChI=1S/C18H14F5NO2S/c1-27(25,26)13-6-7-16(24-10-13)15-9-17(19,20)8-14(15)11-2-4-12(5-3-11)18(21,22)23/h2-7,10H,8-9H2,1H3. The molecule has 27 heavy (non-hydrogen) atoms. The smallest absolute Gasteiger partial charge is 0.255 e. The highest BCUT2D eigenvalue weighted by atomic mass is 32.2. The summed E-state index contributed by atoms with van der Waals surface area (Å²) in [7, 11) is -3.48. The van der Waals surface area contributed by atoms with Gasteiger partial charge in [-0.3, -0.25) is 4.98 Å². The summed E-state index contributed by atoms with van der Waals surface area (Å²) >= 11 is 0. The molecule has 0 aliphatic heterocycles. The molecule has 1 aromatic heterocycles. The molecule has 144 valence electrons. The summed E-state index contributed by atoms with van der Waals surface area (Å²) < 4.78 is 89.1. The number of hydrogen-bond donors (Lipinski definition) is 0. The number of aromatic nitrogens is 1. The summed E-state index contributed by atoms with van der Waals surface area (Å²) in [5, 5.41) is 0. The van der Waals surface area contributed by atoms with E-state index >= 15 is 0 Å². The van der Waals surface area contributed by atoms with Gasteiger partial charge in [0.25, 0.3) is 5.92 Å². The van der Waals surface area contributed by atoms with Crippen molar-refractivity contribution in [2.75, 3.05) is 6.26 Å². The Labute approximate surface area is 152 Å². The summed E-state index contributed by atoms with van der Waals surface area (Å²) in [4.78, 5) is 3.93. The molecule has 9 heteroatoms. The fourth-order valence-corrected chi connectivity index (χ4v) is 3.51. The lowest BCUT2D eigenvalue weighted by Gasteiger charge is -2.10. The Morgan fingerprint density at radius 3 is 2.04 bits per heavy atom. The number of halogens is 5. The van der Waals surface area contributed by atoms with Gasteiger partial charge in [0.2, 0.25) is 0 Å². The summed E-state index contributed by atoms with van der Waals surface area (Å²) in [5.41, 5.74) is -0.0411. The molecular formula is C18H14F5NO2S. The van der Waals surface area contributed by atoms with Gasteiger partial charge in [-0.25, -0.2) is 17.2 Å². The normalized spacial score (nSPS) is 17.4. The van der Waals surface area contributed by atoms with Crippen molar-refractivity contribution in [3.8, 4) is 0 Å². The third-order valence-corrected chi connectivity index (χ3v) is 5.37. The van der Waals surface area contributed by atoms with Crippen LogP contribution in [0, 0.1) is 0 Å². The number of pyridine rings is 1. The second-order valence-electron chi connectivity index (χ2n) is 6.39. The molecule has 0 radical (unpaired) electrons. The van der Waals surface area contributed by atoms with E-state index in [1.54, 1.807) is 0 Å². The number of rotatable bonds is 3. The first-order valence-electron chi connectivity index (χ1n) is 7.81. The van der Waals surface area contributed by atoms with Gasteiger partial charge in [0.1, 0.15) is 0 Å². The first kappa shape index (κ1) is 19.5. The first-order chi connectivity index (χ1) is 12.4. The number of hydrogen-bond acceptors (Lipinski definition) is 3. The van der Waals surface area contributed by atoms with E-state index in [0.717, 1.165) is 36.7 Å². The molecule has 1 aromatic carbocycles. The zero-order valence-electron chi connectivity index (χ0n) is 14.0. The molecule has 0 bridgehead atoms. The Hall–Kier alpha value is -2.29. The topological polar surface area (TPSA) is 47.0 Å². The third kappa shape index (κ3) is 4.18. The van der Waals surface area contributed by atoms with Crippen LogP contribution in [-0.4, -0.2) is 25.6 Å². The SMILES string of the molecule is CS(=O)(=O)c1ccc(C2=C(c3ccc(C(F)(F)F)cc3)CC(F)(F)C2)nc1. The lowest BCUT2D eigenvalue weighted by Crippen LogP contribution is -2.10. The predicted octanol–water partition coefficient (Wildman–Crippen LogP) is 4.84. The molecule has 1 heterocycles. The van der Waals surface area contributed by atoms with E-state index < -0.39 is 40.3 Å². The summed E-state index contributed by atoms with van der Waals surface area (Å²) in [6.45, 7) is 0. The molecule has 1 aliphatic rings. The highest BCUT2D eigenvalue weighted by molar-refractivity contribution is 7.90. The van der Waals surface area contributed by atoms with E-state index in [-0.39, 0.29) is 27.3 Å². The van der Waals surface area contributed by atoms with Crippen LogP contribution in [0.25, 0.3) is 11.1 Å². The van der Waals surface area contributed by atoms with E-state index in [4.69, 9.17) is 0 Å². The van der Waals surface area contributed by atoms with Gasteiger partial charge in [-0.05, 0) is 41.0 Å². The van der Waals surface area contributed by atoms with Gasteiger partial charge in [0.15, 0.2) is 9.84 Å². The molecule has 0 spiro atoms. The van der Waals surface area contributed by atoms with Gasteiger partial charge < -0.3 is 0 Å². The van der Waals surface area contributed by atoms with Gasteiger partial charge in [-0.15, -0.1) is 0 Å².